The molecule has 4 aromatic rings. The molecular formula is C22H21N3O2S2. The number of benzene rings is 2. The average molecular weight is 424 g/mol. The fraction of sp³-hybridized carbons (Fsp3) is 0.227. The Kier molecular flexibility index (Phi) is 5.60. The van der Waals surface area contributed by atoms with Crippen molar-refractivity contribution in [1.82, 2.24) is 9.97 Å². The molecule has 148 valence electrons. The molecule has 0 bridgehead atoms. The largest absolute Gasteiger partial charge is 0.493 e. The first-order valence-electron chi connectivity index (χ1n) is 9.37. The molecule has 0 saturated heterocycles. The number of carbonyl (C=O) groups is 1. The molecule has 1 amide bonds. The van der Waals surface area contributed by atoms with Crippen molar-refractivity contribution in [3.63, 3.8) is 0 Å². The molecule has 2 aromatic carbocycles. The number of fused-ring (bicyclic) bond motifs is 1. The first kappa shape index (κ1) is 19.5. The number of anilines is 1. The van der Waals surface area contributed by atoms with E-state index in [4.69, 9.17) is 4.74 Å². The highest BCUT2D eigenvalue weighted by atomic mass is 32.1. The number of hydrogen-bond donors (Lipinski definition) is 1. The van der Waals surface area contributed by atoms with Gasteiger partial charge in [0.25, 0.3) is 0 Å². The lowest BCUT2D eigenvalue weighted by Crippen LogP contribution is -2.14. The molecule has 0 aliphatic heterocycles. The minimum Gasteiger partial charge on any atom is -0.493 e. The molecule has 2 heterocycles. The third-order valence-corrected chi connectivity index (χ3v) is 6.23. The van der Waals surface area contributed by atoms with E-state index in [9.17, 15) is 4.79 Å². The number of carbonyl (C=O) groups excluding carboxylic acids is 1. The fourth-order valence-corrected chi connectivity index (χ4v) is 5.10. The maximum atomic E-state index is 12.5. The van der Waals surface area contributed by atoms with Gasteiger partial charge in [0.15, 0.2) is 5.13 Å². The van der Waals surface area contributed by atoms with E-state index in [-0.39, 0.29) is 12.3 Å². The van der Waals surface area contributed by atoms with E-state index in [0.717, 1.165) is 37.8 Å². The van der Waals surface area contributed by atoms with Gasteiger partial charge in [-0.05, 0) is 50.1 Å². The van der Waals surface area contributed by atoms with Crippen LogP contribution in [0, 0.1) is 13.8 Å². The van der Waals surface area contributed by atoms with Gasteiger partial charge in [-0.1, -0.05) is 29.5 Å². The zero-order chi connectivity index (χ0) is 20.4. The van der Waals surface area contributed by atoms with Gasteiger partial charge < -0.3 is 10.1 Å². The number of aromatic nitrogens is 2. The second-order valence-corrected chi connectivity index (χ2v) is 8.63. The number of nitrogens with zero attached hydrogens (tertiary/aromatic N) is 2. The lowest BCUT2D eigenvalue weighted by molar-refractivity contribution is -0.115. The molecule has 0 saturated carbocycles. The maximum absolute atomic E-state index is 12.5. The summed E-state index contributed by atoms with van der Waals surface area (Å²) in [6.07, 6.45) is 0.210. The van der Waals surface area contributed by atoms with E-state index in [2.05, 4.69) is 34.3 Å². The Labute approximate surface area is 177 Å². The molecule has 5 nitrogen and oxygen atoms in total. The highest BCUT2D eigenvalue weighted by Crippen LogP contribution is 2.33. The van der Waals surface area contributed by atoms with Gasteiger partial charge in [-0.3, -0.25) is 4.79 Å². The molecule has 0 unspecified atom stereocenters. The van der Waals surface area contributed by atoms with Crippen LogP contribution in [0.5, 0.6) is 5.75 Å². The highest BCUT2D eigenvalue weighted by molar-refractivity contribution is 7.22. The fourth-order valence-electron chi connectivity index (χ4n) is 3.19. The minimum absolute atomic E-state index is 0.117. The lowest BCUT2D eigenvalue weighted by atomic mass is 10.1. The molecule has 1 N–H and O–H groups in total. The summed E-state index contributed by atoms with van der Waals surface area (Å²) >= 11 is 3.01. The normalized spacial score (nSPS) is 11.0. The summed E-state index contributed by atoms with van der Waals surface area (Å²) in [6, 6.07) is 12.0. The summed E-state index contributed by atoms with van der Waals surface area (Å²) in [5.41, 5.74) is 4.94. The third kappa shape index (κ3) is 4.31. The summed E-state index contributed by atoms with van der Waals surface area (Å²) in [5.74, 6) is 0.689. The summed E-state index contributed by atoms with van der Waals surface area (Å²) in [4.78, 5) is 21.7. The van der Waals surface area contributed by atoms with Crippen molar-refractivity contribution in [2.24, 2.45) is 0 Å². The summed E-state index contributed by atoms with van der Waals surface area (Å²) in [5, 5.41) is 6.31. The number of para-hydroxylation sites is 1. The van der Waals surface area contributed by atoms with Gasteiger partial charge >= 0.3 is 0 Å². The molecule has 2 aromatic heterocycles. The van der Waals surface area contributed by atoms with Crippen LogP contribution < -0.4 is 10.1 Å². The van der Waals surface area contributed by atoms with E-state index in [1.807, 2.05) is 43.5 Å². The van der Waals surface area contributed by atoms with Crippen molar-refractivity contribution in [2.75, 3.05) is 11.9 Å². The average Bonchev–Trinajstić information content (AvgIpc) is 3.29. The van der Waals surface area contributed by atoms with Crippen molar-refractivity contribution >= 4 is 43.9 Å². The van der Waals surface area contributed by atoms with Crippen LogP contribution in [0.1, 0.15) is 23.7 Å². The van der Waals surface area contributed by atoms with E-state index in [0.29, 0.717) is 11.7 Å². The number of ether oxygens (including phenoxy) is 1. The summed E-state index contributed by atoms with van der Waals surface area (Å²) in [7, 11) is 0. The molecule has 0 aliphatic rings. The quantitative estimate of drug-likeness (QED) is 0.437. The standard InChI is InChI=1S/C22H21N3O2S2/c1-4-27-17-8-6-5-7-16(17)21-23-15(12-28-21)11-19(26)24-22-25-20-14(3)9-13(2)10-18(20)29-22/h5-10,12H,4,11H2,1-3H3,(H,24,25,26). The van der Waals surface area contributed by atoms with Crippen LogP contribution >= 0.6 is 22.7 Å². The highest BCUT2D eigenvalue weighted by Gasteiger charge is 2.14. The molecule has 0 atom stereocenters. The third-order valence-electron chi connectivity index (χ3n) is 4.39. The molecule has 29 heavy (non-hydrogen) atoms. The van der Waals surface area contributed by atoms with E-state index in [1.165, 1.54) is 28.2 Å². The number of amides is 1. The van der Waals surface area contributed by atoms with Gasteiger partial charge in [0.2, 0.25) is 5.91 Å². The Bertz CT molecular complexity index is 1180. The Morgan fingerprint density at radius 3 is 2.83 bits per heavy atom. The zero-order valence-electron chi connectivity index (χ0n) is 16.5. The lowest BCUT2D eigenvalue weighted by Gasteiger charge is -2.07. The Morgan fingerprint density at radius 2 is 2.00 bits per heavy atom. The predicted molar refractivity (Wildman–Crippen MR) is 120 cm³/mol. The van der Waals surface area contributed by atoms with E-state index in [1.54, 1.807) is 0 Å². The zero-order valence-corrected chi connectivity index (χ0v) is 18.1. The number of thiazole rings is 2. The number of rotatable bonds is 6. The molecule has 0 aliphatic carbocycles. The second kappa shape index (κ2) is 8.31. The van der Waals surface area contributed by atoms with Crippen molar-refractivity contribution in [2.45, 2.75) is 27.2 Å². The molecule has 0 radical (unpaired) electrons. The van der Waals surface area contributed by atoms with Crippen LogP contribution in [0.4, 0.5) is 5.13 Å². The van der Waals surface area contributed by atoms with E-state index < -0.39 is 0 Å². The Morgan fingerprint density at radius 1 is 1.17 bits per heavy atom. The van der Waals surface area contributed by atoms with Gasteiger partial charge in [0.1, 0.15) is 10.8 Å². The summed E-state index contributed by atoms with van der Waals surface area (Å²) in [6.45, 7) is 6.66. The first-order chi connectivity index (χ1) is 14.0. The monoisotopic (exact) mass is 423 g/mol. The van der Waals surface area contributed by atoms with Crippen LogP contribution in [0.25, 0.3) is 20.8 Å². The van der Waals surface area contributed by atoms with Crippen LogP contribution in [-0.2, 0) is 11.2 Å². The van der Waals surface area contributed by atoms with Crippen molar-refractivity contribution in [1.29, 1.82) is 0 Å². The molecular weight excluding hydrogens is 402 g/mol. The SMILES string of the molecule is CCOc1ccccc1-c1nc(CC(=O)Nc2nc3c(C)cc(C)cc3s2)cs1. The molecule has 0 spiro atoms. The van der Waals surface area contributed by atoms with Crippen molar-refractivity contribution < 1.29 is 9.53 Å². The number of hydrogen-bond acceptors (Lipinski definition) is 6. The second-order valence-electron chi connectivity index (χ2n) is 6.75. The molecule has 0 fully saturated rings. The molecule has 7 heteroatoms. The van der Waals surface area contributed by atoms with Crippen LogP contribution in [-0.4, -0.2) is 22.5 Å². The van der Waals surface area contributed by atoms with Gasteiger partial charge in [-0.2, -0.15) is 0 Å². The predicted octanol–water partition coefficient (Wildman–Crippen LogP) is 5.62. The van der Waals surface area contributed by atoms with Crippen LogP contribution in [0.3, 0.4) is 0 Å². The van der Waals surface area contributed by atoms with Gasteiger partial charge in [0, 0.05) is 5.38 Å². The van der Waals surface area contributed by atoms with Crippen molar-refractivity contribution in [3.05, 3.63) is 58.6 Å². The molecule has 4 rings (SSSR count). The van der Waals surface area contributed by atoms with Gasteiger partial charge in [0.05, 0.1) is 34.5 Å². The number of aryl methyl sites for hydroxylation is 2. The Hall–Kier alpha value is -2.77. The van der Waals surface area contributed by atoms with E-state index >= 15 is 0 Å². The smallest absolute Gasteiger partial charge is 0.232 e. The van der Waals surface area contributed by atoms with Crippen LogP contribution in [0.15, 0.2) is 41.8 Å². The number of nitrogens with one attached hydrogen (secondary N) is 1. The maximum Gasteiger partial charge on any atom is 0.232 e. The Balaban J connectivity index is 1.48. The summed E-state index contributed by atoms with van der Waals surface area (Å²) < 4.78 is 6.77. The van der Waals surface area contributed by atoms with Gasteiger partial charge in [-0.25, -0.2) is 9.97 Å². The first-order valence-corrected chi connectivity index (χ1v) is 11.1. The van der Waals surface area contributed by atoms with Crippen molar-refractivity contribution in [3.8, 4) is 16.3 Å². The topological polar surface area (TPSA) is 64.1 Å². The van der Waals surface area contributed by atoms with Gasteiger partial charge in [-0.15, -0.1) is 11.3 Å². The minimum atomic E-state index is -0.117. The van der Waals surface area contributed by atoms with Crippen LogP contribution in [0.2, 0.25) is 0 Å².